The molecule has 0 saturated carbocycles. The van der Waals surface area contributed by atoms with Crippen molar-refractivity contribution in [3.05, 3.63) is 27.2 Å². The van der Waals surface area contributed by atoms with E-state index in [1.807, 2.05) is 13.8 Å². The Hall–Kier alpha value is -0.190. The van der Waals surface area contributed by atoms with Crippen LogP contribution in [0.15, 0.2) is 12.1 Å². The Balaban J connectivity index is 2.14. The molecule has 0 aliphatic carbocycles. The van der Waals surface area contributed by atoms with Crippen LogP contribution in [-0.2, 0) is 4.74 Å². The van der Waals surface area contributed by atoms with Crippen LogP contribution in [0.1, 0.15) is 20.3 Å². The van der Waals surface area contributed by atoms with Gasteiger partial charge in [-0.25, -0.2) is 0 Å². The van der Waals surface area contributed by atoms with E-state index in [-0.39, 0.29) is 6.10 Å². The molecule has 1 aromatic carbocycles. The summed E-state index contributed by atoms with van der Waals surface area (Å²) in [5, 5.41) is 4.59. The summed E-state index contributed by atoms with van der Waals surface area (Å²) in [7, 11) is 0. The quantitative estimate of drug-likeness (QED) is 0.533. The Labute approximate surface area is 135 Å². The van der Waals surface area contributed by atoms with Crippen molar-refractivity contribution in [1.29, 1.82) is 0 Å². The molecular formula is C14H20Cl3NO2. The fraction of sp³-hybridized carbons (Fsp3) is 0.571. The number of halogens is 3. The Kier molecular flexibility index (Phi) is 8.66. The van der Waals surface area contributed by atoms with E-state index in [4.69, 9.17) is 44.3 Å². The van der Waals surface area contributed by atoms with Gasteiger partial charge >= 0.3 is 0 Å². The van der Waals surface area contributed by atoms with Gasteiger partial charge in [0.2, 0.25) is 0 Å². The molecule has 0 unspecified atom stereocenters. The van der Waals surface area contributed by atoms with Crippen molar-refractivity contribution in [3.8, 4) is 5.75 Å². The first kappa shape index (κ1) is 17.9. The minimum Gasteiger partial charge on any atom is -0.491 e. The number of benzene rings is 1. The summed E-state index contributed by atoms with van der Waals surface area (Å²) in [5.74, 6) is 0.547. The molecule has 0 radical (unpaired) electrons. The van der Waals surface area contributed by atoms with Crippen LogP contribution in [0.4, 0.5) is 0 Å². The molecule has 0 atom stereocenters. The Morgan fingerprint density at radius 1 is 1.00 bits per heavy atom. The van der Waals surface area contributed by atoms with Crippen molar-refractivity contribution in [2.75, 3.05) is 26.3 Å². The number of hydrogen-bond acceptors (Lipinski definition) is 3. The summed E-state index contributed by atoms with van der Waals surface area (Å²) >= 11 is 17.8. The summed E-state index contributed by atoms with van der Waals surface area (Å²) in [4.78, 5) is 0. The van der Waals surface area contributed by atoms with Crippen LogP contribution in [0.25, 0.3) is 0 Å². The average Bonchev–Trinajstić information content (AvgIpc) is 2.38. The summed E-state index contributed by atoms with van der Waals surface area (Å²) < 4.78 is 11.0. The third-order valence-electron chi connectivity index (χ3n) is 2.46. The molecule has 0 aromatic heterocycles. The normalized spacial score (nSPS) is 11.1. The van der Waals surface area contributed by atoms with Gasteiger partial charge in [-0.3, -0.25) is 0 Å². The smallest absolute Gasteiger partial charge is 0.139 e. The summed E-state index contributed by atoms with van der Waals surface area (Å²) in [6.07, 6.45) is 1.27. The Morgan fingerprint density at radius 2 is 1.70 bits per heavy atom. The third kappa shape index (κ3) is 7.00. The van der Waals surface area contributed by atoms with Crippen molar-refractivity contribution in [2.24, 2.45) is 0 Å². The van der Waals surface area contributed by atoms with Crippen LogP contribution in [0, 0.1) is 0 Å². The van der Waals surface area contributed by atoms with E-state index < -0.39 is 0 Å². The van der Waals surface area contributed by atoms with Crippen LogP contribution in [0.3, 0.4) is 0 Å². The molecule has 3 nitrogen and oxygen atoms in total. The van der Waals surface area contributed by atoms with Crippen molar-refractivity contribution >= 4 is 34.8 Å². The molecule has 0 saturated heterocycles. The van der Waals surface area contributed by atoms with Crippen molar-refractivity contribution in [2.45, 2.75) is 26.4 Å². The van der Waals surface area contributed by atoms with Gasteiger partial charge in [-0.2, -0.15) is 0 Å². The van der Waals surface area contributed by atoms with Gasteiger partial charge in [0, 0.05) is 19.2 Å². The zero-order valence-corrected chi connectivity index (χ0v) is 14.0. The highest BCUT2D eigenvalue weighted by Crippen LogP contribution is 2.33. The van der Waals surface area contributed by atoms with Gasteiger partial charge in [0.05, 0.1) is 21.2 Å². The lowest BCUT2D eigenvalue weighted by atomic mass is 10.3. The maximum Gasteiger partial charge on any atom is 0.139 e. The van der Waals surface area contributed by atoms with Crippen LogP contribution >= 0.6 is 34.8 Å². The van der Waals surface area contributed by atoms with Crippen LogP contribution in [-0.4, -0.2) is 32.4 Å². The van der Waals surface area contributed by atoms with E-state index in [1.54, 1.807) is 12.1 Å². The number of ether oxygens (including phenoxy) is 2. The summed E-state index contributed by atoms with van der Waals surface area (Å²) in [5.41, 5.74) is 0. The SMILES string of the molecule is CC(C)OCCCNCCOc1cc(Cl)c(Cl)cc1Cl. The predicted octanol–water partition coefficient (Wildman–Crippen LogP) is 4.43. The topological polar surface area (TPSA) is 30.5 Å². The summed E-state index contributed by atoms with van der Waals surface area (Å²) in [6, 6.07) is 3.21. The Morgan fingerprint density at radius 3 is 2.40 bits per heavy atom. The standard InChI is InChI=1S/C14H20Cl3NO2/c1-10(2)19-6-3-4-18-5-7-20-14-9-12(16)11(15)8-13(14)17/h8-10,18H,3-7H2,1-2H3. The third-order valence-corrected chi connectivity index (χ3v) is 3.48. The molecule has 1 N–H and O–H groups in total. The highest BCUT2D eigenvalue weighted by molar-refractivity contribution is 6.43. The van der Waals surface area contributed by atoms with Gasteiger partial charge in [0.15, 0.2) is 0 Å². The van der Waals surface area contributed by atoms with Crippen molar-refractivity contribution in [3.63, 3.8) is 0 Å². The van der Waals surface area contributed by atoms with E-state index >= 15 is 0 Å². The molecular weight excluding hydrogens is 321 g/mol. The second-order valence-corrected chi connectivity index (χ2v) is 5.79. The predicted molar refractivity (Wildman–Crippen MR) is 85.5 cm³/mol. The van der Waals surface area contributed by atoms with Gasteiger partial charge in [-0.05, 0) is 32.9 Å². The molecule has 20 heavy (non-hydrogen) atoms. The van der Waals surface area contributed by atoms with E-state index in [1.165, 1.54) is 0 Å². The minimum atomic E-state index is 0.287. The van der Waals surface area contributed by atoms with E-state index in [0.717, 1.165) is 26.1 Å². The van der Waals surface area contributed by atoms with Crippen molar-refractivity contribution < 1.29 is 9.47 Å². The molecule has 1 rings (SSSR count). The molecule has 6 heteroatoms. The molecule has 0 amide bonds. The highest BCUT2D eigenvalue weighted by atomic mass is 35.5. The van der Waals surface area contributed by atoms with E-state index in [0.29, 0.717) is 27.4 Å². The van der Waals surface area contributed by atoms with Gasteiger partial charge in [0.1, 0.15) is 12.4 Å². The van der Waals surface area contributed by atoms with E-state index in [9.17, 15) is 0 Å². The second kappa shape index (κ2) is 9.69. The first-order valence-corrected chi connectivity index (χ1v) is 7.73. The average molecular weight is 341 g/mol. The highest BCUT2D eigenvalue weighted by Gasteiger charge is 2.06. The zero-order valence-electron chi connectivity index (χ0n) is 11.7. The number of hydrogen-bond donors (Lipinski definition) is 1. The molecule has 114 valence electrons. The maximum atomic E-state index is 6.01. The van der Waals surface area contributed by atoms with Crippen LogP contribution in [0.2, 0.25) is 15.1 Å². The first-order valence-electron chi connectivity index (χ1n) is 6.60. The monoisotopic (exact) mass is 339 g/mol. The first-order chi connectivity index (χ1) is 9.50. The fourth-order valence-corrected chi connectivity index (χ4v) is 2.08. The van der Waals surface area contributed by atoms with Gasteiger partial charge in [-0.1, -0.05) is 34.8 Å². The largest absolute Gasteiger partial charge is 0.491 e. The van der Waals surface area contributed by atoms with Gasteiger partial charge in [0.25, 0.3) is 0 Å². The molecule has 1 aromatic rings. The second-order valence-electron chi connectivity index (χ2n) is 4.57. The lowest BCUT2D eigenvalue weighted by Gasteiger charge is -2.10. The van der Waals surface area contributed by atoms with Gasteiger partial charge < -0.3 is 14.8 Å². The molecule has 0 aliphatic rings. The summed E-state index contributed by atoms with van der Waals surface area (Å²) in [6.45, 7) is 6.97. The van der Waals surface area contributed by atoms with Gasteiger partial charge in [-0.15, -0.1) is 0 Å². The van der Waals surface area contributed by atoms with Crippen molar-refractivity contribution in [1.82, 2.24) is 5.32 Å². The molecule has 0 heterocycles. The lowest BCUT2D eigenvalue weighted by molar-refractivity contribution is 0.0770. The molecule has 0 fully saturated rings. The van der Waals surface area contributed by atoms with E-state index in [2.05, 4.69) is 5.32 Å². The minimum absolute atomic E-state index is 0.287. The number of nitrogens with one attached hydrogen (secondary N) is 1. The maximum absolute atomic E-state index is 6.01. The fourth-order valence-electron chi connectivity index (χ4n) is 1.49. The molecule has 0 bridgehead atoms. The number of rotatable bonds is 9. The molecule has 0 spiro atoms. The van der Waals surface area contributed by atoms with Crippen LogP contribution < -0.4 is 10.1 Å². The Bertz CT molecular complexity index is 414. The lowest BCUT2D eigenvalue weighted by Crippen LogP contribution is -2.23. The zero-order chi connectivity index (χ0) is 15.0. The molecule has 0 aliphatic heterocycles. The van der Waals surface area contributed by atoms with Crippen LogP contribution in [0.5, 0.6) is 5.75 Å².